The zero-order valence-electron chi connectivity index (χ0n) is 26.3. The first kappa shape index (κ1) is 36.5. The molecule has 2 aliphatic rings. The second kappa shape index (κ2) is 21.0. The van der Waals surface area contributed by atoms with Gasteiger partial charge in [-0.2, -0.15) is 0 Å². The average Bonchev–Trinajstić information content (AvgIpc) is 3.29. The van der Waals surface area contributed by atoms with Crippen molar-refractivity contribution in [1.82, 2.24) is 20.5 Å². The molecular weight excluding hydrogens is 564 g/mol. The Bertz CT molecular complexity index is 930. The first-order chi connectivity index (χ1) is 21.3. The van der Waals surface area contributed by atoms with E-state index in [4.69, 9.17) is 10.4 Å². The van der Waals surface area contributed by atoms with Crippen LogP contribution in [0.25, 0.3) is 0 Å². The molecule has 2 fully saturated rings. The Morgan fingerprint density at radius 1 is 0.955 bits per heavy atom. The molecule has 11 nitrogen and oxygen atoms in total. The number of allylic oxidation sites excluding steroid dienone is 2. The third-order valence-corrected chi connectivity index (χ3v) is 9.08. The highest BCUT2D eigenvalue weighted by molar-refractivity contribution is 5.75. The first-order valence-corrected chi connectivity index (χ1v) is 16.6. The number of aliphatic hydroxyl groups is 3. The molecule has 1 aliphatic heterocycles. The molecule has 11 heteroatoms. The third-order valence-electron chi connectivity index (χ3n) is 9.08. The summed E-state index contributed by atoms with van der Waals surface area (Å²) in [5.74, 6) is 0.0613. The van der Waals surface area contributed by atoms with E-state index in [1.54, 1.807) is 0 Å². The summed E-state index contributed by atoms with van der Waals surface area (Å²) in [5.41, 5.74) is 1.21. The number of amides is 1. The van der Waals surface area contributed by atoms with Crippen LogP contribution < -0.4 is 5.32 Å². The van der Waals surface area contributed by atoms with Crippen molar-refractivity contribution in [3.63, 3.8) is 0 Å². The lowest BCUT2D eigenvalue weighted by atomic mass is 9.85. The van der Waals surface area contributed by atoms with Crippen LogP contribution in [-0.2, 0) is 16.1 Å². The number of nitrogens with one attached hydrogen (secondary N) is 1. The first-order valence-electron chi connectivity index (χ1n) is 16.6. The number of carbonyl (C=O) groups excluding carboxylic acids is 1. The highest BCUT2D eigenvalue weighted by Crippen LogP contribution is 2.38. The van der Waals surface area contributed by atoms with Crippen molar-refractivity contribution in [3.05, 3.63) is 48.0 Å². The molecule has 250 valence electrons. The van der Waals surface area contributed by atoms with Crippen molar-refractivity contribution in [3.8, 4) is 0 Å². The summed E-state index contributed by atoms with van der Waals surface area (Å²) in [6.07, 6.45) is 10.4. The van der Waals surface area contributed by atoms with E-state index < -0.39 is 18.3 Å². The van der Waals surface area contributed by atoms with Crippen LogP contribution in [0.4, 0.5) is 0 Å². The van der Waals surface area contributed by atoms with E-state index >= 15 is 0 Å². The minimum atomic E-state index is -0.531. The lowest BCUT2D eigenvalue weighted by molar-refractivity contribution is -0.492. The summed E-state index contributed by atoms with van der Waals surface area (Å²) in [6, 6.07) is 10.1. The Balaban J connectivity index is 1.20. The molecule has 0 aromatic heterocycles. The fourth-order valence-corrected chi connectivity index (χ4v) is 6.45. The van der Waals surface area contributed by atoms with Gasteiger partial charge < -0.3 is 30.4 Å². The highest BCUT2D eigenvalue weighted by atomic mass is 17.1. The third kappa shape index (κ3) is 14.4. The maximum Gasteiger partial charge on any atom is 0.220 e. The molecule has 0 bridgehead atoms. The van der Waals surface area contributed by atoms with Gasteiger partial charge in [-0.3, -0.25) is 20.0 Å². The molecule has 1 saturated carbocycles. The summed E-state index contributed by atoms with van der Waals surface area (Å²) < 4.78 is 0. The van der Waals surface area contributed by atoms with Crippen LogP contribution in [0.15, 0.2) is 42.5 Å². The molecule has 1 saturated heterocycles. The molecular formula is C33H56N4O7. The van der Waals surface area contributed by atoms with Crippen molar-refractivity contribution < 1.29 is 35.4 Å². The van der Waals surface area contributed by atoms with Gasteiger partial charge in [-0.1, -0.05) is 42.5 Å². The van der Waals surface area contributed by atoms with Gasteiger partial charge in [0.1, 0.15) is 0 Å². The SMILES string of the molecule is O=C(CCC/C=C\C[C@@H]1[C@@H](CC[C@@H](O)CCc2ccccc2)[C@H](O)C[C@@H]1O)NCCCN1CCN(CCCON(O)O)CC1. The molecule has 1 aromatic carbocycles. The lowest BCUT2D eigenvalue weighted by Gasteiger charge is -2.34. The number of aryl methyl sites for hydroxylation is 1. The zero-order valence-corrected chi connectivity index (χ0v) is 26.3. The summed E-state index contributed by atoms with van der Waals surface area (Å²) in [6.45, 7) is 6.68. The Morgan fingerprint density at radius 2 is 1.64 bits per heavy atom. The van der Waals surface area contributed by atoms with E-state index in [9.17, 15) is 20.1 Å². The van der Waals surface area contributed by atoms with Crippen molar-refractivity contribution in [2.75, 3.05) is 52.4 Å². The molecule has 0 radical (unpaired) electrons. The second-order valence-corrected chi connectivity index (χ2v) is 12.4. The number of nitrogens with zero attached hydrogens (tertiary/aromatic N) is 3. The smallest absolute Gasteiger partial charge is 0.220 e. The minimum Gasteiger partial charge on any atom is -0.393 e. The van der Waals surface area contributed by atoms with Crippen LogP contribution in [-0.4, -0.2) is 118 Å². The summed E-state index contributed by atoms with van der Waals surface area (Å²) in [5, 5.41) is 51.5. The molecule has 5 atom stereocenters. The van der Waals surface area contributed by atoms with E-state index in [0.717, 1.165) is 71.4 Å². The number of carbonyl (C=O) groups is 1. The monoisotopic (exact) mass is 620 g/mol. The fraction of sp³-hybridized carbons (Fsp3) is 0.727. The van der Waals surface area contributed by atoms with Gasteiger partial charge in [0, 0.05) is 45.7 Å². The van der Waals surface area contributed by atoms with Gasteiger partial charge in [-0.25, -0.2) is 0 Å². The second-order valence-electron chi connectivity index (χ2n) is 12.4. The van der Waals surface area contributed by atoms with Gasteiger partial charge in [0.05, 0.1) is 30.3 Å². The lowest BCUT2D eigenvalue weighted by Crippen LogP contribution is -2.47. The number of unbranched alkanes of at least 4 members (excludes halogenated alkanes) is 1. The molecule has 1 aliphatic carbocycles. The van der Waals surface area contributed by atoms with E-state index in [2.05, 4.69) is 44.2 Å². The van der Waals surface area contributed by atoms with Gasteiger partial charge in [0.2, 0.25) is 5.91 Å². The number of piperazine rings is 1. The van der Waals surface area contributed by atoms with Gasteiger partial charge in [-0.05, 0) is 88.2 Å². The van der Waals surface area contributed by atoms with E-state index in [-0.39, 0.29) is 29.7 Å². The van der Waals surface area contributed by atoms with Crippen molar-refractivity contribution in [2.45, 2.75) is 88.9 Å². The molecule has 44 heavy (non-hydrogen) atoms. The molecule has 1 heterocycles. The van der Waals surface area contributed by atoms with Crippen molar-refractivity contribution >= 4 is 5.91 Å². The maximum atomic E-state index is 12.2. The quantitative estimate of drug-likeness (QED) is 0.0688. The molecule has 1 amide bonds. The molecule has 3 rings (SSSR count). The predicted molar refractivity (Wildman–Crippen MR) is 168 cm³/mol. The average molecular weight is 621 g/mol. The zero-order chi connectivity index (χ0) is 31.6. The van der Waals surface area contributed by atoms with Crippen LogP contribution in [0.3, 0.4) is 0 Å². The van der Waals surface area contributed by atoms with Crippen molar-refractivity contribution in [1.29, 1.82) is 0 Å². The van der Waals surface area contributed by atoms with E-state index in [1.165, 1.54) is 5.56 Å². The minimum absolute atomic E-state index is 0.00585. The molecule has 0 unspecified atom stereocenters. The largest absolute Gasteiger partial charge is 0.393 e. The van der Waals surface area contributed by atoms with Crippen LogP contribution in [0.1, 0.15) is 69.8 Å². The fourth-order valence-electron chi connectivity index (χ4n) is 6.45. The van der Waals surface area contributed by atoms with Crippen LogP contribution in [0.2, 0.25) is 0 Å². The topological polar surface area (TPSA) is 149 Å². The van der Waals surface area contributed by atoms with Crippen molar-refractivity contribution in [2.24, 2.45) is 11.8 Å². The predicted octanol–water partition coefficient (Wildman–Crippen LogP) is 2.76. The maximum absolute atomic E-state index is 12.2. The van der Waals surface area contributed by atoms with Crippen LogP contribution >= 0.6 is 0 Å². The Morgan fingerprint density at radius 3 is 2.34 bits per heavy atom. The van der Waals surface area contributed by atoms with Gasteiger partial charge >= 0.3 is 0 Å². The standard InChI is InChI=1S/C33H56N4O7/c38-28(15-14-27-10-4-3-5-11-27)16-17-30-29(31(39)26-32(30)40)12-6-1-2-7-13-33(41)34-18-8-19-35-21-23-36(24-22-35)20-9-25-44-37(42)43/h1,3-6,10-11,28-32,38-40,42-43H,2,7-9,12-26H2,(H,34,41)/b6-1-/t28-,29+,30+,31-,32+/m0/s1. The van der Waals surface area contributed by atoms with E-state index in [1.807, 2.05) is 18.2 Å². The normalized spacial score (nSPS) is 24.0. The van der Waals surface area contributed by atoms with Crippen LogP contribution in [0, 0.1) is 11.8 Å². The van der Waals surface area contributed by atoms with Gasteiger partial charge in [-0.15, -0.1) is 0 Å². The number of hydrogen-bond donors (Lipinski definition) is 6. The molecule has 0 spiro atoms. The molecule has 6 N–H and O–H groups in total. The number of hydrogen-bond acceptors (Lipinski definition) is 10. The van der Waals surface area contributed by atoms with Gasteiger partial charge in [0.25, 0.3) is 0 Å². The Kier molecular flexibility index (Phi) is 17.4. The number of benzene rings is 1. The summed E-state index contributed by atoms with van der Waals surface area (Å²) in [7, 11) is 0. The summed E-state index contributed by atoms with van der Waals surface area (Å²) >= 11 is 0. The Labute approximate surface area is 263 Å². The highest BCUT2D eigenvalue weighted by Gasteiger charge is 2.40. The summed E-state index contributed by atoms with van der Waals surface area (Å²) in [4.78, 5) is 21.6. The molecule has 1 aromatic rings. The number of aliphatic hydroxyl groups excluding tert-OH is 3. The Hall–Kier alpha value is -1.93. The van der Waals surface area contributed by atoms with Gasteiger partial charge in [0.15, 0.2) is 0 Å². The van der Waals surface area contributed by atoms with Crippen LogP contribution in [0.5, 0.6) is 0 Å². The van der Waals surface area contributed by atoms with E-state index in [0.29, 0.717) is 45.1 Å². The number of rotatable bonds is 21.